The van der Waals surface area contributed by atoms with Gasteiger partial charge in [0.15, 0.2) is 0 Å². The molecule has 1 aromatic heterocycles. The number of rotatable bonds is 3. The molecule has 1 aliphatic heterocycles. The van der Waals surface area contributed by atoms with Crippen LogP contribution >= 0.6 is 0 Å². The maximum absolute atomic E-state index is 7.81. The summed E-state index contributed by atoms with van der Waals surface area (Å²) in [7, 11) is 0. The minimum Gasteiger partial charge on any atom is -0.384 e. The van der Waals surface area contributed by atoms with E-state index in [1.165, 1.54) is 25.7 Å². The molecule has 3 N–H and O–H groups in total. The maximum Gasteiger partial charge on any atom is 0.139 e. The quantitative estimate of drug-likeness (QED) is 0.656. The van der Waals surface area contributed by atoms with Crippen molar-refractivity contribution in [1.82, 2.24) is 9.88 Å². The summed E-state index contributed by atoms with van der Waals surface area (Å²) in [6, 6.07) is 2.72. The highest BCUT2D eigenvalue weighted by Gasteiger charge is 2.27. The van der Waals surface area contributed by atoms with Gasteiger partial charge in [-0.05, 0) is 31.4 Å². The summed E-state index contributed by atoms with van der Waals surface area (Å²) in [6.07, 6.45) is 7.32. The van der Waals surface area contributed by atoms with Crippen molar-refractivity contribution in [3.8, 4) is 0 Å². The Kier molecular flexibility index (Phi) is 4.10. The second-order valence-electron chi connectivity index (χ2n) is 6.20. The zero-order valence-corrected chi connectivity index (χ0v) is 12.8. The van der Waals surface area contributed by atoms with Crippen LogP contribution in [-0.4, -0.2) is 47.9 Å². The predicted molar refractivity (Wildman–Crippen MR) is 86.0 cm³/mol. The lowest BCUT2D eigenvalue weighted by molar-refractivity contribution is 0.187. The maximum atomic E-state index is 7.81. The molecule has 21 heavy (non-hydrogen) atoms. The molecule has 5 heteroatoms. The molecule has 1 saturated carbocycles. The third kappa shape index (κ3) is 2.88. The van der Waals surface area contributed by atoms with E-state index in [2.05, 4.69) is 14.8 Å². The first-order valence-electron chi connectivity index (χ1n) is 7.96. The molecule has 2 fully saturated rings. The largest absolute Gasteiger partial charge is 0.384 e. The Balaban J connectivity index is 1.72. The number of nitrogens with two attached hydrogens (primary N) is 1. The summed E-state index contributed by atoms with van der Waals surface area (Å²) in [5.74, 6) is 1.00. The van der Waals surface area contributed by atoms with Gasteiger partial charge in [0.05, 0.1) is 5.56 Å². The number of anilines is 1. The van der Waals surface area contributed by atoms with E-state index in [1.807, 2.05) is 19.2 Å². The van der Waals surface area contributed by atoms with Gasteiger partial charge in [0, 0.05) is 38.4 Å². The van der Waals surface area contributed by atoms with E-state index in [1.54, 1.807) is 0 Å². The minimum absolute atomic E-state index is 0.119. The number of aryl methyl sites for hydroxylation is 1. The van der Waals surface area contributed by atoms with Crippen LogP contribution in [0, 0.1) is 12.3 Å². The van der Waals surface area contributed by atoms with Crippen molar-refractivity contribution in [3.05, 3.63) is 23.4 Å². The second-order valence-corrected chi connectivity index (χ2v) is 6.20. The van der Waals surface area contributed by atoms with Crippen LogP contribution in [0.1, 0.15) is 36.8 Å². The lowest BCUT2D eigenvalue weighted by atomic mass is 10.1. The number of hydrogen-bond acceptors (Lipinski definition) is 4. The first-order valence-corrected chi connectivity index (χ1v) is 7.96. The molecule has 0 aromatic carbocycles. The van der Waals surface area contributed by atoms with E-state index in [4.69, 9.17) is 11.1 Å². The van der Waals surface area contributed by atoms with Gasteiger partial charge in [-0.3, -0.25) is 10.3 Å². The van der Waals surface area contributed by atoms with E-state index >= 15 is 0 Å². The molecule has 1 saturated heterocycles. The van der Waals surface area contributed by atoms with Crippen molar-refractivity contribution < 1.29 is 0 Å². The van der Waals surface area contributed by atoms with Crippen LogP contribution in [0.5, 0.6) is 0 Å². The van der Waals surface area contributed by atoms with Crippen molar-refractivity contribution >= 4 is 11.7 Å². The molecular formula is C16H25N5. The van der Waals surface area contributed by atoms with Crippen LogP contribution in [0.3, 0.4) is 0 Å². The summed E-state index contributed by atoms with van der Waals surface area (Å²) >= 11 is 0. The number of nitrogen functional groups attached to an aromatic ring is 1. The Hall–Kier alpha value is -1.62. The van der Waals surface area contributed by atoms with Gasteiger partial charge in [-0.15, -0.1) is 0 Å². The SMILES string of the molecule is Cc1ccnc(N2CCN(C3CCCC3)CC2)c1C(=N)N. The fourth-order valence-corrected chi connectivity index (χ4v) is 3.68. The van der Waals surface area contributed by atoms with Gasteiger partial charge in [-0.2, -0.15) is 0 Å². The first-order chi connectivity index (χ1) is 10.2. The van der Waals surface area contributed by atoms with Crippen molar-refractivity contribution in [1.29, 1.82) is 5.41 Å². The number of nitrogens with one attached hydrogen (secondary N) is 1. The molecule has 2 heterocycles. The molecule has 0 spiro atoms. The lowest BCUT2D eigenvalue weighted by Gasteiger charge is -2.39. The molecular weight excluding hydrogens is 262 g/mol. The second kappa shape index (κ2) is 6.02. The molecule has 0 radical (unpaired) electrons. The van der Waals surface area contributed by atoms with Gasteiger partial charge in [0.25, 0.3) is 0 Å². The van der Waals surface area contributed by atoms with Crippen LogP contribution in [0.4, 0.5) is 5.82 Å². The average Bonchev–Trinajstić information content (AvgIpc) is 3.01. The third-order valence-electron chi connectivity index (χ3n) is 4.86. The van der Waals surface area contributed by atoms with Gasteiger partial charge in [-0.1, -0.05) is 12.8 Å². The van der Waals surface area contributed by atoms with Crippen LogP contribution in [0.2, 0.25) is 0 Å². The highest BCUT2D eigenvalue weighted by Crippen LogP contribution is 2.26. The zero-order chi connectivity index (χ0) is 14.8. The molecule has 2 aliphatic rings. The minimum atomic E-state index is 0.119. The van der Waals surface area contributed by atoms with Crippen molar-refractivity contribution in [3.63, 3.8) is 0 Å². The van der Waals surface area contributed by atoms with Crippen molar-refractivity contribution in [2.45, 2.75) is 38.6 Å². The first kappa shape index (κ1) is 14.3. The Morgan fingerprint density at radius 1 is 1.24 bits per heavy atom. The van der Waals surface area contributed by atoms with E-state index in [9.17, 15) is 0 Å². The van der Waals surface area contributed by atoms with Gasteiger partial charge in [-0.25, -0.2) is 4.98 Å². The molecule has 0 atom stereocenters. The number of amidine groups is 1. The van der Waals surface area contributed by atoms with E-state index in [-0.39, 0.29) is 5.84 Å². The predicted octanol–water partition coefficient (Wildman–Crippen LogP) is 1.74. The standard InChI is InChI=1S/C16H25N5/c1-12-6-7-19-16(14(12)15(17)18)21-10-8-20(9-11-21)13-4-2-3-5-13/h6-7,13H,2-5,8-11H2,1H3,(H3,17,18). The van der Waals surface area contributed by atoms with Crippen molar-refractivity contribution in [2.24, 2.45) is 5.73 Å². The highest BCUT2D eigenvalue weighted by molar-refractivity contribution is 6.01. The fraction of sp³-hybridized carbons (Fsp3) is 0.625. The Bertz CT molecular complexity index is 513. The van der Waals surface area contributed by atoms with E-state index in [0.717, 1.165) is 49.2 Å². The fourth-order valence-electron chi connectivity index (χ4n) is 3.68. The molecule has 0 unspecified atom stereocenters. The number of pyridine rings is 1. The highest BCUT2D eigenvalue weighted by atomic mass is 15.3. The van der Waals surface area contributed by atoms with Gasteiger partial charge >= 0.3 is 0 Å². The lowest BCUT2D eigenvalue weighted by Crippen LogP contribution is -2.50. The van der Waals surface area contributed by atoms with Crippen LogP contribution in [-0.2, 0) is 0 Å². The molecule has 1 aromatic rings. The number of hydrogen-bond donors (Lipinski definition) is 2. The molecule has 5 nitrogen and oxygen atoms in total. The van der Waals surface area contributed by atoms with E-state index in [0.29, 0.717) is 0 Å². The number of aromatic nitrogens is 1. The van der Waals surface area contributed by atoms with Gasteiger partial charge in [0.1, 0.15) is 11.7 Å². The number of piperazine rings is 1. The molecule has 0 bridgehead atoms. The summed E-state index contributed by atoms with van der Waals surface area (Å²) in [5.41, 5.74) is 7.59. The van der Waals surface area contributed by atoms with Crippen molar-refractivity contribution in [2.75, 3.05) is 31.1 Å². The van der Waals surface area contributed by atoms with Gasteiger partial charge in [0.2, 0.25) is 0 Å². The zero-order valence-electron chi connectivity index (χ0n) is 12.8. The molecule has 0 amide bonds. The monoisotopic (exact) mass is 287 g/mol. The summed E-state index contributed by atoms with van der Waals surface area (Å²) in [5, 5.41) is 7.81. The normalized spacial score (nSPS) is 20.9. The molecule has 3 rings (SSSR count). The van der Waals surface area contributed by atoms with Gasteiger partial charge < -0.3 is 10.6 Å². The van der Waals surface area contributed by atoms with Crippen LogP contribution < -0.4 is 10.6 Å². The topological polar surface area (TPSA) is 69.2 Å². The molecule has 1 aliphatic carbocycles. The average molecular weight is 287 g/mol. The van der Waals surface area contributed by atoms with Crippen LogP contribution in [0.25, 0.3) is 0 Å². The smallest absolute Gasteiger partial charge is 0.139 e. The molecule has 114 valence electrons. The Morgan fingerprint density at radius 3 is 2.52 bits per heavy atom. The van der Waals surface area contributed by atoms with Crippen LogP contribution in [0.15, 0.2) is 12.3 Å². The number of nitrogens with zero attached hydrogens (tertiary/aromatic N) is 3. The Morgan fingerprint density at radius 2 is 1.90 bits per heavy atom. The van der Waals surface area contributed by atoms with E-state index < -0.39 is 0 Å². The Labute approximate surface area is 126 Å². The summed E-state index contributed by atoms with van der Waals surface area (Å²) < 4.78 is 0. The summed E-state index contributed by atoms with van der Waals surface area (Å²) in [4.78, 5) is 9.41. The third-order valence-corrected chi connectivity index (χ3v) is 4.86. The summed E-state index contributed by atoms with van der Waals surface area (Å²) in [6.45, 7) is 6.15.